The van der Waals surface area contributed by atoms with Crippen LogP contribution in [0.1, 0.15) is 47.5 Å². The first kappa shape index (κ1) is 14.7. The minimum absolute atomic E-state index is 1.17. The van der Waals surface area contributed by atoms with Gasteiger partial charge in [0.15, 0.2) is 0 Å². The molecule has 0 aliphatic rings. The quantitative estimate of drug-likeness (QED) is 0.540. The lowest BCUT2D eigenvalue weighted by Gasteiger charge is -2.03. The van der Waals surface area contributed by atoms with Crippen LogP contribution in [0.25, 0.3) is 0 Å². The molecule has 13 heavy (non-hydrogen) atoms. The Balaban J connectivity index is 0. The first-order valence-corrected chi connectivity index (χ1v) is 5.21. The fourth-order valence-electron chi connectivity index (χ4n) is 1.12. The molecule has 76 valence electrons. The van der Waals surface area contributed by atoms with Gasteiger partial charge in [-0.3, -0.25) is 0 Å². The highest BCUT2D eigenvalue weighted by Gasteiger charge is 1.94. The third-order valence-corrected chi connectivity index (χ3v) is 1.74. The van der Waals surface area contributed by atoms with Crippen molar-refractivity contribution in [1.29, 1.82) is 0 Å². The van der Waals surface area contributed by atoms with Gasteiger partial charge < -0.3 is 0 Å². The highest BCUT2D eigenvalue weighted by molar-refractivity contribution is 5.30. The van der Waals surface area contributed by atoms with Gasteiger partial charge in [-0.25, -0.2) is 0 Å². The first-order chi connectivity index (χ1) is 6.26. The third-order valence-electron chi connectivity index (χ3n) is 1.74. The van der Waals surface area contributed by atoms with E-state index in [1.165, 1.54) is 24.0 Å². The molecule has 0 saturated carbocycles. The van der Waals surface area contributed by atoms with Crippen molar-refractivity contribution >= 4 is 0 Å². The predicted molar refractivity (Wildman–Crippen MR) is 64.0 cm³/mol. The van der Waals surface area contributed by atoms with Gasteiger partial charge in [-0.2, -0.15) is 0 Å². The van der Waals surface area contributed by atoms with E-state index in [1.807, 2.05) is 19.9 Å². The van der Waals surface area contributed by atoms with Crippen molar-refractivity contribution in [3.05, 3.63) is 36.0 Å². The van der Waals surface area contributed by atoms with Crippen molar-refractivity contribution < 1.29 is 0 Å². The maximum Gasteiger partial charge on any atom is -0.0282 e. The van der Waals surface area contributed by atoms with E-state index >= 15 is 0 Å². The second kappa shape index (κ2) is 11.2. The van der Waals surface area contributed by atoms with Gasteiger partial charge in [0.2, 0.25) is 0 Å². The molecule has 0 aromatic carbocycles. The van der Waals surface area contributed by atoms with E-state index in [0.717, 1.165) is 0 Å². The molecule has 0 unspecified atom stereocenters. The van der Waals surface area contributed by atoms with Crippen LogP contribution in [0.4, 0.5) is 0 Å². The Morgan fingerprint density at radius 2 is 1.85 bits per heavy atom. The second-order valence-electron chi connectivity index (χ2n) is 2.65. The summed E-state index contributed by atoms with van der Waals surface area (Å²) in [6, 6.07) is 0. The van der Waals surface area contributed by atoms with Crippen molar-refractivity contribution in [3.63, 3.8) is 0 Å². The fraction of sp³-hybridized carbons (Fsp3) is 0.538. The summed E-state index contributed by atoms with van der Waals surface area (Å²) in [4.78, 5) is 0. The van der Waals surface area contributed by atoms with Gasteiger partial charge in [0.1, 0.15) is 0 Å². The molecule has 0 heteroatoms. The van der Waals surface area contributed by atoms with E-state index in [1.54, 1.807) is 0 Å². The molecule has 0 aromatic heterocycles. The van der Waals surface area contributed by atoms with Gasteiger partial charge in [-0.15, -0.1) is 0 Å². The molecule has 0 N–H and O–H groups in total. The standard InChI is InChI=1S/C11H18.C2H6/c1-5-8-10(4)11(7-3)9-6-2;1-2/h5,7-8H,1,6,9H2,2-4H3;1-2H3/b10-8-,11-7-;. The molecule has 0 aliphatic carbocycles. The van der Waals surface area contributed by atoms with E-state index in [0.29, 0.717) is 0 Å². The normalized spacial score (nSPS) is 11.8. The van der Waals surface area contributed by atoms with Crippen LogP contribution in [0.15, 0.2) is 36.0 Å². The molecule has 0 aliphatic heterocycles. The van der Waals surface area contributed by atoms with Crippen LogP contribution in [0.3, 0.4) is 0 Å². The van der Waals surface area contributed by atoms with Gasteiger partial charge >= 0.3 is 0 Å². The molecule has 0 aromatic rings. The summed E-state index contributed by atoms with van der Waals surface area (Å²) in [5, 5.41) is 0. The van der Waals surface area contributed by atoms with Crippen LogP contribution < -0.4 is 0 Å². The van der Waals surface area contributed by atoms with Gasteiger partial charge in [0.05, 0.1) is 0 Å². The molecular weight excluding hydrogens is 156 g/mol. The van der Waals surface area contributed by atoms with E-state index in [9.17, 15) is 0 Å². The van der Waals surface area contributed by atoms with Crippen LogP contribution in [0.5, 0.6) is 0 Å². The average molecular weight is 180 g/mol. The lowest BCUT2D eigenvalue weighted by molar-refractivity contribution is 0.909. The summed E-state index contributed by atoms with van der Waals surface area (Å²) in [5.41, 5.74) is 2.77. The summed E-state index contributed by atoms with van der Waals surface area (Å²) in [7, 11) is 0. The molecule has 0 heterocycles. The molecule has 0 rings (SSSR count). The van der Waals surface area contributed by atoms with Crippen molar-refractivity contribution in [2.24, 2.45) is 0 Å². The summed E-state index contributed by atoms with van der Waals surface area (Å²) in [6.07, 6.45) is 8.47. The summed E-state index contributed by atoms with van der Waals surface area (Å²) >= 11 is 0. The van der Waals surface area contributed by atoms with E-state index < -0.39 is 0 Å². The minimum Gasteiger partial charge on any atom is -0.0991 e. The highest BCUT2D eigenvalue weighted by Crippen LogP contribution is 2.14. The summed E-state index contributed by atoms with van der Waals surface area (Å²) < 4.78 is 0. The van der Waals surface area contributed by atoms with Gasteiger partial charge in [0, 0.05) is 0 Å². The Hall–Kier alpha value is -0.780. The fourth-order valence-corrected chi connectivity index (χ4v) is 1.12. The van der Waals surface area contributed by atoms with Crippen LogP contribution in [-0.4, -0.2) is 0 Å². The zero-order chi connectivity index (χ0) is 10.7. The molecule has 0 saturated heterocycles. The highest BCUT2D eigenvalue weighted by atomic mass is 14.0. The topological polar surface area (TPSA) is 0 Å². The summed E-state index contributed by atoms with van der Waals surface area (Å²) in [6.45, 7) is 14.1. The van der Waals surface area contributed by atoms with Crippen LogP contribution >= 0.6 is 0 Å². The smallest absolute Gasteiger partial charge is 0.0282 e. The minimum atomic E-state index is 1.17. The molecule has 0 amide bonds. The van der Waals surface area contributed by atoms with Crippen molar-refractivity contribution in [1.82, 2.24) is 0 Å². The number of rotatable bonds is 4. The number of hydrogen-bond acceptors (Lipinski definition) is 0. The Bertz CT molecular complexity index is 170. The molecular formula is C13H24. The van der Waals surface area contributed by atoms with Crippen molar-refractivity contribution in [2.75, 3.05) is 0 Å². The first-order valence-electron chi connectivity index (χ1n) is 5.21. The lowest BCUT2D eigenvalue weighted by atomic mass is 10.0. The molecule has 0 fully saturated rings. The monoisotopic (exact) mass is 180 g/mol. The number of hydrogen-bond donors (Lipinski definition) is 0. The average Bonchev–Trinajstić information content (AvgIpc) is 2.17. The van der Waals surface area contributed by atoms with Crippen LogP contribution in [0.2, 0.25) is 0 Å². The van der Waals surface area contributed by atoms with Crippen LogP contribution in [0, 0.1) is 0 Å². The van der Waals surface area contributed by atoms with E-state index in [4.69, 9.17) is 0 Å². The van der Waals surface area contributed by atoms with Gasteiger partial charge in [-0.1, -0.05) is 52.0 Å². The Morgan fingerprint density at radius 1 is 1.31 bits per heavy atom. The van der Waals surface area contributed by atoms with Crippen molar-refractivity contribution in [2.45, 2.75) is 47.5 Å². The Morgan fingerprint density at radius 3 is 2.15 bits per heavy atom. The molecule has 0 spiro atoms. The molecule has 0 nitrogen and oxygen atoms in total. The molecule has 0 atom stereocenters. The second-order valence-corrected chi connectivity index (χ2v) is 2.65. The van der Waals surface area contributed by atoms with Crippen LogP contribution in [-0.2, 0) is 0 Å². The maximum atomic E-state index is 3.67. The third kappa shape index (κ3) is 7.58. The zero-order valence-electron chi connectivity index (χ0n) is 9.85. The number of allylic oxidation sites excluding steroid dienone is 5. The van der Waals surface area contributed by atoms with Gasteiger partial charge in [-0.05, 0) is 31.4 Å². The van der Waals surface area contributed by atoms with Gasteiger partial charge in [0.25, 0.3) is 0 Å². The SMILES string of the molecule is C=C/C=C(C)\C(=C/C)CCC.CC. The van der Waals surface area contributed by atoms with E-state index in [-0.39, 0.29) is 0 Å². The largest absolute Gasteiger partial charge is 0.0991 e. The van der Waals surface area contributed by atoms with E-state index in [2.05, 4.69) is 39.5 Å². The Labute approximate surface area is 84.1 Å². The Kier molecular flexibility index (Phi) is 12.7. The molecule has 0 radical (unpaired) electrons. The lowest BCUT2D eigenvalue weighted by Crippen LogP contribution is -1.83. The predicted octanol–water partition coefficient (Wildman–Crippen LogP) is 4.89. The summed E-state index contributed by atoms with van der Waals surface area (Å²) in [5.74, 6) is 0. The van der Waals surface area contributed by atoms with Crippen molar-refractivity contribution in [3.8, 4) is 0 Å². The zero-order valence-corrected chi connectivity index (χ0v) is 9.85. The maximum absolute atomic E-state index is 3.67. The molecule has 0 bridgehead atoms.